The summed E-state index contributed by atoms with van der Waals surface area (Å²) in [7, 11) is 6.01. The highest BCUT2D eigenvalue weighted by Gasteiger charge is 2.16. The monoisotopic (exact) mass is 290 g/mol. The van der Waals surface area contributed by atoms with Crippen LogP contribution in [0.5, 0.6) is 5.88 Å². The summed E-state index contributed by atoms with van der Waals surface area (Å²) in [4.78, 5) is 10.4. The number of nitrogens with zero attached hydrogens (tertiary/aromatic N) is 5. The molecule has 0 aliphatic heterocycles. The number of ether oxygens (including phenoxy) is 1. The number of anilines is 1. The minimum absolute atomic E-state index is 0.212. The van der Waals surface area contributed by atoms with Gasteiger partial charge in [0, 0.05) is 31.4 Å². The van der Waals surface area contributed by atoms with Crippen LogP contribution in [0.15, 0.2) is 24.8 Å². The zero-order chi connectivity index (χ0) is 15.2. The van der Waals surface area contributed by atoms with Gasteiger partial charge < -0.3 is 15.0 Å². The first-order valence-electron chi connectivity index (χ1n) is 6.93. The maximum Gasteiger partial charge on any atom is 0.218 e. The zero-order valence-electron chi connectivity index (χ0n) is 12.9. The van der Waals surface area contributed by atoms with Crippen LogP contribution in [-0.4, -0.2) is 51.9 Å². The molecule has 2 aromatic heterocycles. The van der Waals surface area contributed by atoms with E-state index in [0.717, 1.165) is 17.9 Å². The van der Waals surface area contributed by atoms with E-state index in [4.69, 9.17) is 4.74 Å². The van der Waals surface area contributed by atoms with Crippen LogP contribution in [0, 0.1) is 0 Å². The lowest BCUT2D eigenvalue weighted by atomic mass is 10.1. The molecule has 0 aliphatic rings. The summed E-state index contributed by atoms with van der Waals surface area (Å²) < 4.78 is 7.18. The Morgan fingerprint density at radius 3 is 2.81 bits per heavy atom. The smallest absolute Gasteiger partial charge is 0.218 e. The molecule has 0 fully saturated rings. The summed E-state index contributed by atoms with van der Waals surface area (Å²) in [5.41, 5.74) is 1.16. The first-order chi connectivity index (χ1) is 10.1. The second-order valence-electron chi connectivity index (χ2n) is 4.98. The Balaban J connectivity index is 2.03. The van der Waals surface area contributed by atoms with Crippen molar-refractivity contribution in [3.8, 4) is 5.88 Å². The molecule has 0 saturated carbocycles. The van der Waals surface area contributed by atoms with E-state index in [0.29, 0.717) is 12.5 Å². The van der Waals surface area contributed by atoms with Gasteiger partial charge in [0.1, 0.15) is 12.1 Å². The molecule has 0 bridgehead atoms. The first kappa shape index (κ1) is 15.2. The molecule has 1 N–H and O–H groups in total. The van der Waals surface area contributed by atoms with Crippen LogP contribution in [0.25, 0.3) is 0 Å². The number of aryl methyl sites for hydroxylation is 1. The third-order valence-corrected chi connectivity index (χ3v) is 3.14. The maximum absolute atomic E-state index is 5.37. The predicted molar refractivity (Wildman–Crippen MR) is 81.3 cm³/mol. The Hall–Kier alpha value is -2.15. The van der Waals surface area contributed by atoms with Gasteiger partial charge in [-0.3, -0.25) is 4.68 Å². The van der Waals surface area contributed by atoms with Gasteiger partial charge in [0.05, 0.1) is 18.8 Å². The zero-order valence-corrected chi connectivity index (χ0v) is 12.9. The van der Waals surface area contributed by atoms with E-state index in [1.54, 1.807) is 6.07 Å². The topological polar surface area (TPSA) is 68.1 Å². The second-order valence-corrected chi connectivity index (χ2v) is 4.98. The number of likely N-dealkylation sites (N-methyl/N-ethyl adjacent to an activating group) is 1. The minimum Gasteiger partial charge on any atom is -0.478 e. The molecule has 0 amide bonds. The molecule has 1 atom stereocenters. The molecule has 7 nitrogen and oxygen atoms in total. The lowest BCUT2D eigenvalue weighted by molar-refractivity contribution is 0.311. The van der Waals surface area contributed by atoms with E-state index in [1.165, 1.54) is 6.33 Å². The van der Waals surface area contributed by atoms with Gasteiger partial charge in [0.15, 0.2) is 0 Å². The van der Waals surface area contributed by atoms with Gasteiger partial charge in [-0.05, 0) is 21.0 Å². The number of hydrogen-bond acceptors (Lipinski definition) is 6. The molecule has 0 saturated heterocycles. The number of rotatable bonds is 7. The van der Waals surface area contributed by atoms with Crippen molar-refractivity contribution >= 4 is 5.82 Å². The van der Waals surface area contributed by atoms with Crippen LogP contribution in [0.2, 0.25) is 0 Å². The molecule has 2 rings (SSSR count). The van der Waals surface area contributed by atoms with E-state index in [-0.39, 0.29) is 6.04 Å². The van der Waals surface area contributed by atoms with Gasteiger partial charge in [-0.15, -0.1) is 0 Å². The Bertz CT molecular complexity index is 568. The summed E-state index contributed by atoms with van der Waals surface area (Å²) >= 11 is 0. The Morgan fingerprint density at radius 1 is 1.38 bits per heavy atom. The molecule has 0 spiro atoms. The van der Waals surface area contributed by atoms with E-state index >= 15 is 0 Å². The minimum atomic E-state index is 0.212. The lowest BCUT2D eigenvalue weighted by Crippen LogP contribution is -2.26. The third-order valence-electron chi connectivity index (χ3n) is 3.14. The van der Waals surface area contributed by atoms with Crippen molar-refractivity contribution in [2.45, 2.75) is 13.0 Å². The van der Waals surface area contributed by atoms with Crippen molar-refractivity contribution in [1.82, 2.24) is 24.6 Å². The van der Waals surface area contributed by atoms with Crippen LogP contribution < -0.4 is 10.1 Å². The third kappa shape index (κ3) is 4.16. The fourth-order valence-electron chi connectivity index (χ4n) is 2.07. The van der Waals surface area contributed by atoms with Crippen molar-refractivity contribution in [3.63, 3.8) is 0 Å². The molecule has 0 radical (unpaired) electrons. The summed E-state index contributed by atoms with van der Waals surface area (Å²) in [6.07, 6.45) is 5.41. The first-order valence-corrected chi connectivity index (χ1v) is 6.93. The highest BCUT2D eigenvalue weighted by atomic mass is 16.5. The molecule has 7 heteroatoms. The summed E-state index contributed by atoms with van der Waals surface area (Å²) in [6.45, 7) is 3.24. The summed E-state index contributed by atoms with van der Waals surface area (Å²) in [5, 5.41) is 7.55. The Morgan fingerprint density at radius 2 is 2.19 bits per heavy atom. The van der Waals surface area contributed by atoms with Crippen molar-refractivity contribution in [3.05, 3.63) is 30.4 Å². The normalized spacial score (nSPS) is 12.4. The fourth-order valence-corrected chi connectivity index (χ4v) is 2.07. The Kier molecular flexibility index (Phi) is 5.10. The summed E-state index contributed by atoms with van der Waals surface area (Å²) in [5.74, 6) is 1.34. The van der Waals surface area contributed by atoms with Crippen LogP contribution in [0.1, 0.15) is 18.5 Å². The van der Waals surface area contributed by atoms with Gasteiger partial charge in [0.2, 0.25) is 5.88 Å². The molecule has 2 aromatic rings. The summed E-state index contributed by atoms with van der Waals surface area (Å²) in [6, 6.07) is 2.02. The van der Waals surface area contributed by atoms with Crippen LogP contribution in [-0.2, 0) is 7.05 Å². The van der Waals surface area contributed by atoms with Gasteiger partial charge in [-0.1, -0.05) is 0 Å². The van der Waals surface area contributed by atoms with Gasteiger partial charge in [-0.25, -0.2) is 9.97 Å². The average Bonchev–Trinajstić information content (AvgIpc) is 2.86. The van der Waals surface area contributed by atoms with Crippen molar-refractivity contribution in [2.75, 3.05) is 32.6 Å². The molecular weight excluding hydrogens is 268 g/mol. The number of hydrogen-bond donors (Lipinski definition) is 1. The second kappa shape index (κ2) is 7.03. The largest absolute Gasteiger partial charge is 0.478 e. The van der Waals surface area contributed by atoms with E-state index in [1.807, 2.05) is 45.1 Å². The van der Waals surface area contributed by atoms with Crippen molar-refractivity contribution in [2.24, 2.45) is 7.05 Å². The highest BCUT2D eigenvalue weighted by molar-refractivity contribution is 5.37. The van der Waals surface area contributed by atoms with E-state index in [2.05, 4.69) is 25.3 Å². The maximum atomic E-state index is 5.37. The molecule has 0 aliphatic carbocycles. The van der Waals surface area contributed by atoms with Crippen molar-refractivity contribution < 1.29 is 4.74 Å². The number of aromatic nitrogens is 4. The molecular formula is C14H22N6O. The standard InChI is InChI=1S/C14H22N6O/c1-5-21-14-6-13(16-10-17-14)15-8-12(19(2)3)11-7-18-20(4)9-11/h6-7,9-10,12H,5,8H2,1-4H3,(H,15,16,17). The van der Waals surface area contributed by atoms with Gasteiger partial charge in [-0.2, -0.15) is 5.10 Å². The Labute approximate surface area is 125 Å². The molecule has 0 aromatic carbocycles. The van der Waals surface area contributed by atoms with Gasteiger partial charge >= 0.3 is 0 Å². The lowest BCUT2D eigenvalue weighted by Gasteiger charge is -2.23. The molecule has 1 unspecified atom stereocenters. The van der Waals surface area contributed by atoms with Crippen LogP contribution in [0.4, 0.5) is 5.82 Å². The van der Waals surface area contributed by atoms with E-state index in [9.17, 15) is 0 Å². The number of nitrogens with one attached hydrogen (secondary N) is 1. The average molecular weight is 290 g/mol. The quantitative estimate of drug-likeness (QED) is 0.829. The SMILES string of the molecule is CCOc1cc(NCC(c2cnn(C)c2)N(C)C)ncn1. The predicted octanol–water partition coefficient (Wildman–Crippen LogP) is 1.32. The van der Waals surface area contributed by atoms with E-state index < -0.39 is 0 Å². The highest BCUT2D eigenvalue weighted by Crippen LogP contribution is 2.19. The molecule has 21 heavy (non-hydrogen) atoms. The molecule has 114 valence electrons. The van der Waals surface area contributed by atoms with Crippen LogP contribution >= 0.6 is 0 Å². The van der Waals surface area contributed by atoms with Gasteiger partial charge in [0.25, 0.3) is 0 Å². The fraction of sp³-hybridized carbons (Fsp3) is 0.500. The molecule has 2 heterocycles. The van der Waals surface area contributed by atoms with Crippen molar-refractivity contribution in [1.29, 1.82) is 0 Å². The van der Waals surface area contributed by atoms with Crippen LogP contribution in [0.3, 0.4) is 0 Å².